The van der Waals surface area contributed by atoms with E-state index in [0.29, 0.717) is 5.69 Å². The molecule has 1 aliphatic rings. The van der Waals surface area contributed by atoms with E-state index in [1.54, 1.807) is 12.1 Å². The van der Waals surface area contributed by atoms with Gasteiger partial charge in [-0.1, -0.05) is 24.3 Å². The van der Waals surface area contributed by atoms with Crippen LogP contribution in [0.15, 0.2) is 82.7 Å². The number of aliphatic hydroxyl groups excluding tert-OH is 1. The van der Waals surface area contributed by atoms with Crippen molar-refractivity contribution >= 4 is 23.1 Å². The second-order valence-corrected chi connectivity index (χ2v) is 7.47. The second kappa shape index (κ2) is 7.55. The highest BCUT2D eigenvalue weighted by Gasteiger charge is 2.45. The van der Waals surface area contributed by atoms with Crippen molar-refractivity contribution in [2.24, 2.45) is 0 Å². The van der Waals surface area contributed by atoms with Crippen molar-refractivity contribution in [1.82, 2.24) is 0 Å². The highest BCUT2D eigenvalue weighted by atomic mass is 16.3. The van der Waals surface area contributed by atoms with Crippen molar-refractivity contribution in [3.8, 4) is 0 Å². The number of hydrogen-bond donors (Lipinski definition) is 1. The Bertz CT molecular complexity index is 1130. The molecule has 0 radical (unpaired) electrons. The molecule has 6 heteroatoms. The fourth-order valence-electron chi connectivity index (χ4n) is 3.69. The van der Waals surface area contributed by atoms with Crippen molar-refractivity contribution in [1.29, 1.82) is 0 Å². The van der Waals surface area contributed by atoms with Gasteiger partial charge in [-0.25, -0.2) is 0 Å². The Morgan fingerprint density at radius 3 is 2.40 bits per heavy atom. The van der Waals surface area contributed by atoms with Crippen LogP contribution in [0.25, 0.3) is 0 Å². The van der Waals surface area contributed by atoms with Crippen LogP contribution in [0.2, 0.25) is 0 Å². The summed E-state index contributed by atoms with van der Waals surface area (Å²) < 4.78 is 5.25. The maximum Gasteiger partial charge on any atom is 0.294 e. The normalized spacial score (nSPS) is 16.3. The molecule has 6 nitrogen and oxygen atoms in total. The predicted molar refractivity (Wildman–Crippen MR) is 115 cm³/mol. The van der Waals surface area contributed by atoms with Gasteiger partial charge in [-0.05, 0) is 54.4 Å². The summed E-state index contributed by atoms with van der Waals surface area (Å²) in [5.41, 5.74) is 3.28. The molecule has 2 heterocycles. The van der Waals surface area contributed by atoms with Crippen LogP contribution in [0.3, 0.4) is 0 Å². The number of carbonyl (C=O) groups is 2. The molecule has 2 aromatic carbocycles. The van der Waals surface area contributed by atoms with E-state index in [2.05, 4.69) is 0 Å². The minimum absolute atomic E-state index is 0.00839. The highest BCUT2D eigenvalue weighted by molar-refractivity contribution is 6.20. The molecule has 30 heavy (non-hydrogen) atoms. The van der Waals surface area contributed by atoms with Gasteiger partial charge in [0.25, 0.3) is 5.91 Å². The van der Waals surface area contributed by atoms with Gasteiger partial charge in [-0.3, -0.25) is 14.5 Å². The lowest BCUT2D eigenvalue weighted by Crippen LogP contribution is -2.31. The predicted octanol–water partition coefficient (Wildman–Crippen LogP) is 4.44. The SMILES string of the molecule is Cc1cccc(N2C(=O)C(O)=C(C(=O)c3ccco3)C2c2ccc(N(C)C)cc2)c1. The molecule has 4 rings (SSSR count). The smallest absolute Gasteiger partial charge is 0.294 e. The number of Topliss-reactive ketones (excluding diaryl/α,β-unsaturated/α-hetero) is 1. The third kappa shape index (κ3) is 3.26. The first-order chi connectivity index (χ1) is 14.4. The fraction of sp³-hybridized carbons (Fsp3) is 0.167. The first-order valence-corrected chi connectivity index (χ1v) is 9.57. The van der Waals surface area contributed by atoms with Gasteiger partial charge in [0.2, 0.25) is 5.78 Å². The Morgan fingerprint density at radius 1 is 1.07 bits per heavy atom. The molecule has 1 aliphatic heterocycles. The van der Waals surface area contributed by atoms with E-state index >= 15 is 0 Å². The summed E-state index contributed by atoms with van der Waals surface area (Å²) >= 11 is 0. The third-order valence-corrected chi connectivity index (χ3v) is 5.20. The summed E-state index contributed by atoms with van der Waals surface area (Å²) in [5.74, 6) is -1.61. The van der Waals surface area contributed by atoms with Crippen LogP contribution in [-0.4, -0.2) is 30.9 Å². The lowest BCUT2D eigenvalue weighted by atomic mass is 9.94. The Hall–Kier alpha value is -3.80. The van der Waals surface area contributed by atoms with E-state index in [9.17, 15) is 14.7 Å². The maximum atomic E-state index is 13.2. The van der Waals surface area contributed by atoms with Crippen molar-refractivity contribution in [3.05, 3.63) is 95.1 Å². The molecule has 0 saturated carbocycles. The number of furan rings is 1. The summed E-state index contributed by atoms with van der Waals surface area (Å²) in [7, 11) is 3.87. The molecule has 1 aromatic heterocycles. The Balaban J connectivity index is 1.87. The van der Waals surface area contributed by atoms with E-state index in [-0.39, 0.29) is 11.3 Å². The molecule has 1 unspecified atom stereocenters. The number of anilines is 2. The van der Waals surface area contributed by atoms with Crippen molar-refractivity contribution < 1.29 is 19.1 Å². The number of aryl methyl sites for hydroxylation is 1. The highest BCUT2D eigenvalue weighted by Crippen LogP contribution is 2.42. The Morgan fingerprint density at radius 2 is 1.80 bits per heavy atom. The van der Waals surface area contributed by atoms with Crippen LogP contribution in [-0.2, 0) is 4.79 Å². The largest absolute Gasteiger partial charge is 0.503 e. The molecule has 1 amide bonds. The average molecular weight is 402 g/mol. The lowest BCUT2D eigenvalue weighted by molar-refractivity contribution is -0.117. The van der Waals surface area contributed by atoms with E-state index in [1.807, 2.05) is 68.4 Å². The number of carbonyl (C=O) groups excluding carboxylic acids is 2. The van der Waals surface area contributed by atoms with Crippen LogP contribution < -0.4 is 9.80 Å². The average Bonchev–Trinajstić information content (AvgIpc) is 3.35. The fourth-order valence-corrected chi connectivity index (χ4v) is 3.69. The van der Waals surface area contributed by atoms with E-state index in [0.717, 1.165) is 16.8 Å². The minimum Gasteiger partial charge on any atom is -0.503 e. The summed E-state index contributed by atoms with van der Waals surface area (Å²) in [6.07, 6.45) is 1.39. The molecule has 152 valence electrons. The number of nitrogens with zero attached hydrogens (tertiary/aromatic N) is 2. The quantitative estimate of drug-likeness (QED) is 0.639. The second-order valence-electron chi connectivity index (χ2n) is 7.47. The standard InChI is InChI=1S/C24H22N2O4/c1-15-6-4-7-18(14-15)26-21(16-9-11-17(12-10-16)25(2)3)20(23(28)24(26)29)22(27)19-8-5-13-30-19/h4-14,21,28H,1-3H3. The number of ketones is 1. The zero-order valence-corrected chi connectivity index (χ0v) is 17.0. The number of hydrogen-bond acceptors (Lipinski definition) is 5. The van der Waals surface area contributed by atoms with Crippen molar-refractivity contribution in [2.75, 3.05) is 23.9 Å². The minimum atomic E-state index is -0.770. The number of benzene rings is 2. The molecular formula is C24H22N2O4. The van der Waals surface area contributed by atoms with E-state index < -0.39 is 23.5 Å². The van der Waals surface area contributed by atoms with Crippen LogP contribution in [0, 0.1) is 6.92 Å². The molecule has 0 aliphatic carbocycles. The molecule has 1 atom stereocenters. The van der Waals surface area contributed by atoms with Gasteiger partial charge in [-0.2, -0.15) is 0 Å². The molecule has 0 fully saturated rings. The zero-order chi connectivity index (χ0) is 21.4. The Kier molecular flexibility index (Phi) is 4.91. The molecular weight excluding hydrogens is 380 g/mol. The number of aliphatic hydroxyl groups is 1. The summed E-state index contributed by atoms with van der Waals surface area (Å²) in [6.45, 7) is 1.92. The summed E-state index contributed by atoms with van der Waals surface area (Å²) in [6, 6.07) is 17.3. The van der Waals surface area contributed by atoms with Crippen LogP contribution in [0.5, 0.6) is 0 Å². The molecule has 0 spiro atoms. The van der Waals surface area contributed by atoms with Gasteiger partial charge in [0.05, 0.1) is 17.9 Å². The maximum absolute atomic E-state index is 13.2. The van der Waals surface area contributed by atoms with Gasteiger partial charge >= 0.3 is 0 Å². The molecule has 0 saturated heterocycles. The van der Waals surface area contributed by atoms with E-state index in [1.165, 1.54) is 17.2 Å². The van der Waals surface area contributed by atoms with Crippen LogP contribution >= 0.6 is 0 Å². The van der Waals surface area contributed by atoms with Crippen LogP contribution in [0.4, 0.5) is 11.4 Å². The first kappa shape index (κ1) is 19.5. The van der Waals surface area contributed by atoms with Gasteiger partial charge in [0.15, 0.2) is 11.5 Å². The summed E-state index contributed by atoms with van der Waals surface area (Å²) in [4.78, 5) is 29.7. The van der Waals surface area contributed by atoms with Gasteiger partial charge in [0.1, 0.15) is 0 Å². The molecule has 0 bridgehead atoms. The number of amides is 1. The van der Waals surface area contributed by atoms with Gasteiger partial charge in [0, 0.05) is 25.5 Å². The molecule has 3 aromatic rings. The Labute approximate surface area is 174 Å². The first-order valence-electron chi connectivity index (χ1n) is 9.57. The lowest BCUT2D eigenvalue weighted by Gasteiger charge is -2.27. The van der Waals surface area contributed by atoms with Gasteiger partial charge in [-0.15, -0.1) is 0 Å². The number of rotatable bonds is 5. The van der Waals surface area contributed by atoms with Gasteiger partial charge < -0.3 is 14.4 Å². The monoisotopic (exact) mass is 402 g/mol. The third-order valence-electron chi connectivity index (χ3n) is 5.20. The topological polar surface area (TPSA) is 74.0 Å². The molecule has 1 N–H and O–H groups in total. The van der Waals surface area contributed by atoms with Crippen molar-refractivity contribution in [2.45, 2.75) is 13.0 Å². The van der Waals surface area contributed by atoms with E-state index in [4.69, 9.17) is 4.42 Å². The summed E-state index contributed by atoms with van der Waals surface area (Å²) in [5, 5.41) is 10.7. The van der Waals surface area contributed by atoms with Crippen LogP contribution in [0.1, 0.15) is 27.7 Å². The zero-order valence-electron chi connectivity index (χ0n) is 17.0. The van der Waals surface area contributed by atoms with Crippen molar-refractivity contribution in [3.63, 3.8) is 0 Å².